The van der Waals surface area contributed by atoms with Crippen LogP contribution in [0, 0.1) is 6.92 Å². The van der Waals surface area contributed by atoms with Crippen molar-refractivity contribution in [2.75, 3.05) is 0 Å². The van der Waals surface area contributed by atoms with E-state index in [-0.39, 0.29) is 19.0 Å². The molecule has 0 fully saturated rings. The molecule has 0 radical (unpaired) electrons. The minimum absolute atomic E-state index is 0.0831. The van der Waals surface area contributed by atoms with E-state index in [1.54, 1.807) is 12.1 Å². The van der Waals surface area contributed by atoms with Crippen LogP contribution in [0.3, 0.4) is 0 Å². The van der Waals surface area contributed by atoms with Crippen molar-refractivity contribution in [3.8, 4) is 16.9 Å². The van der Waals surface area contributed by atoms with Gasteiger partial charge in [-0.1, -0.05) is 18.2 Å². The highest BCUT2D eigenvalue weighted by Gasteiger charge is 2.09. The summed E-state index contributed by atoms with van der Waals surface area (Å²) in [6.07, 6.45) is 0. The van der Waals surface area contributed by atoms with E-state index in [1.165, 1.54) is 0 Å². The summed E-state index contributed by atoms with van der Waals surface area (Å²) >= 11 is 0. The van der Waals surface area contributed by atoms with Gasteiger partial charge in [-0.15, -0.1) is 0 Å². The van der Waals surface area contributed by atoms with E-state index >= 15 is 0 Å². The fourth-order valence-electron chi connectivity index (χ4n) is 2.04. The molecule has 2 aromatic carbocycles. The lowest BCUT2D eigenvalue weighted by Gasteiger charge is -2.12. The molecule has 3 N–H and O–H groups in total. The summed E-state index contributed by atoms with van der Waals surface area (Å²) in [6.45, 7) is 1.70. The van der Waals surface area contributed by atoms with E-state index in [4.69, 9.17) is 0 Å². The summed E-state index contributed by atoms with van der Waals surface area (Å²) in [5, 5.41) is 28.5. The minimum Gasteiger partial charge on any atom is -0.507 e. The maximum Gasteiger partial charge on any atom is 0.123 e. The van der Waals surface area contributed by atoms with Crippen molar-refractivity contribution in [1.29, 1.82) is 0 Å². The Labute approximate surface area is 106 Å². The predicted molar refractivity (Wildman–Crippen MR) is 70.1 cm³/mol. The number of benzene rings is 2. The fraction of sp³-hybridized carbons (Fsp3) is 0.200. The summed E-state index contributed by atoms with van der Waals surface area (Å²) in [5.74, 6) is 0.189. The van der Waals surface area contributed by atoms with E-state index in [9.17, 15) is 15.3 Å². The third-order valence-corrected chi connectivity index (χ3v) is 3.18. The quantitative estimate of drug-likeness (QED) is 0.776. The SMILES string of the molecule is Cc1c(CO)cc(-c2ccccc2O)cc1CO. The molecule has 0 aliphatic rings. The number of hydrogen-bond acceptors (Lipinski definition) is 3. The molecule has 2 aromatic rings. The number of rotatable bonds is 3. The predicted octanol–water partition coefficient (Wildman–Crippen LogP) is 2.35. The Bertz CT molecular complexity index is 536. The second kappa shape index (κ2) is 5.21. The average Bonchev–Trinajstić information content (AvgIpc) is 2.40. The van der Waals surface area contributed by atoms with Crippen LogP contribution < -0.4 is 0 Å². The standard InChI is InChI=1S/C15H16O3/c1-10-12(8-16)6-11(7-13(10)9-17)14-4-2-3-5-15(14)18/h2-7,16-18H,8-9H2,1H3. The molecule has 0 aromatic heterocycles. The molecule has 0 unspecified atom stereocenters. The molecule has 0 atom stereocenters. The van der Waals surface area contributed by atoms with Crippen LogP contribution in [0.4, 0.5) is 0 Å². The van der Waals surface area contributed by atoms with Gasteiger partial charge in [0, 0.05) is 5.56 Å². The van der Waals surface area contributed by atoms with Gasteiger partial charge in [0.2, 0.25) is 0 Å². The van der Waals surface area contributed by atoms with Gasteiger partial charge < -0.3 is 15.3 Å². The van der Waals surface area contributed by atoms with Crippen LogP contribution in [-0.2, 0) is 13.2 Å². The van der Waals surface area contributed by atoms with E-state index in [2.05, 4.69) is 0 Å². The molecule has 0 saturated heterocycles. The van der Waals surface area contributed by atoms with Crippen molar-refractivity contribution < 1.29 is 15.3 Å². The number of para-hydroxylation sites is 1. The van der Waals surface area contributed by atoms with Gasteiger partial charge in [-0.05, 0) is 47.4 Å². The highest BCUT2D eigenvalue weighted by Crippen LogP contribution is 2.31. The van der Waals surface area contributed by atoms with Gasteiger partial charge in [0.05, 0.1) is 13.2 Å². The van der Waals surface area contributed by atoms with Gasteiger partial charge in [0.15, 0.2) is 0 Å². The molecule has 0 spiro atoms. The van der Waals surface area contributed by atoms with E-state index in [0.29, 0.717) is 5.56 Å². The number of hydrogen-bond donors (Lipinski definition) is 3. The van der Waals surface area contributed by atoms with Crippen LogP contribution in [0.5, 0.6) is 5.75 Å². The van der Waals surface area contributed by atoms with Gasteiger partial charge in [-0.2, -0.15) is 0 Å². The zero-order chi connectivity index (χ0) is 13.1. The van der Waals surface area contributed by atoms with Gasteiger partial charge in [-0.3, -0.25) is 0 Å². The summed E-state index contributed by atoms with van der Waals surface area (Å²) < 4.78 is 0. The van der Waals surface area contributed by atoms with Crippen LogP contribution in [0.2, 0.25) is 0 Å². The first-order valence-corrected chi connectivity index (χ1v) is 5.80. The highest BCUT2D eigenvalue weighted by atomic mass is 16.3. The van der Waals surface area contributed by atoms with Gasteiger partial charge in [0.25, 0.3) is 0 Å². The number of aromatic hydroxyl groups is 1. The first-order chi connectivity index (χ1) is 8.67. The topological polar surface area (TPSA) is 60.7 Å². The third-order valence-electron chi connectivity index (χ3n) is 3.18. The molecule has 0 aliphatic heterocycles. The Morgan fingerprint density at radius 2 is 1.50 bits per heavy atom. The number of phenolic OH excluding ortho intramolecular Hbond substituents is 1. The van der Waals surface area contributed by atoms with Crippen molar-refractivity contribution in [3.05, 3.63) is 53.1 Å². The Balaban J connectivity index is 2.62. The maximum absolute atomic E-state index is 9.84. The Morgan fingerprint density at radius 1 is 0.944 bits per heavy atom. The van der Waals surface area contributed by atoms with Crippen molar-refractivity contribution in [2.45, 2.75) is 20.1 Å². The van der Waals surface area contributed by atoms with Crippen LogP contribution in [-0.4, -0.2) is 15.3 Å². The minimum atomic E-state index is -0.0831. The first kappa shape index (κ1) is 12.6. The summed E-state index contributed by atoms with van der Waals surface area (Å²) in [4.78, 5) is 0. The van der Waals surface area contributed by atoms with Crippen molar-refractivity contribution >= 4 is 0 Å². The molecular formula is C15H16O3. The zero-order valence-corrected chi connectivity index (χ0v) is 10.2. The monoisotopic (exact) mass is 244 g/mol. The summed E-state index contributed by atoms with van der Waals surface area (Å²) in [7, 11) is 0. The lowest BCUT2D eigenvalue weighted by atomic mass is 9.95. The smallest absolute Gasteiger partial charge is 0.123 e. The second-order valence-electron chi connectivity index (χ2n) is 4.25. The lowest BCUT2D eigenvalue weighted by Crippen LogP contribution is -1.97. The molecular weight excluding hydrogens is 228 g/mol. The Kier molecular flexibility index (Phi) is 3.65. The molecule has 18 heavy (non-hydrogen) atoms. The van der Waals surface area contributed by atoms with Gasteiger partial charge in [-0.25, -0.2) is 0 Å². The number of aliphatic hydroxyl groups is 2. The number of aliphatic hydroxyl groups excluding tert-OH is 2. The fourth-order valence-corrected chi connectivity index (χ4v) is 2.04. The van der Waals surface area contributed by atoms with E-state index in [1.807, 2.05) is 31.2 Å². The second-order valence-corrected chi connectivity index (χ2v) is 4.25. The normalized spacial score (nSPS) is 10.6. The van der Waals surface area contributed by atoms with Crippen molar-refractivity contribution in [1.82, 2.24) is 0 Å². The summed E-state index contributed by atoms with van der Waals surface area (Å²) in [6, 6.07) is 10.7. The molecule has 3 heteroatoms. The van der Waals surface area contributed by atoms with Crippen LogP contribution in [0.15, 0.2) is 36.4 Å². The lowest BCUT2D eigenvalue weighted by molar-refractivity contribution is 0.274. The maximum atomic E-state index is 9.84. The molecule has 0 saturated carbocycles. The third kappa shape index (κ3) is 2.23. The highest BCUT2D eigenvalue weighted by molar-refractivity contribution is 5.71. The molecule has 0 aliphatic carbocycles. The molecule has 94 valence electrons. The Morgan fingerprint density at radius 3 is 2.00 bits per heavy atom. The van der Waals surface area contributed by atoms with Crippen LogP contribution in [0.1, 0.15) is 16.7 Å². The van der Waals surface area contributed by atoms with E-state index < -0.39 is 0 Å². The van der Waals surface area contributed by atoms with Crippen molar-refractivity contribution in [3.63, 3.8) is 0 Å². The van der Waals surface area contributed by atoms with E-state index in [0.717, 1.165) is 22.3 Å². The molecule has 0 heterocycles. The van der Waals surface area contributed by atoms with Gasteiger partial charge in [0.1, 0.15) is 5.75 Å². The average molecular weight is 244 g/mol. The Hall–Kier alpha value is -1.84. The molecule has 0 bridgehead atoms. The summed E-state index contributed by atoms with van der Waals surface area (Å²) in [5.41, 5.74) is 3.91. The van der Waals surface area contributed by atoms with Crippen LogP contribution in [0.25, 0.3) is 11.1 Å². The largest absolute Gasteiger partial charge is 0.507 e. The molecule has 2 rings (SSSR count). The molecule has 3 nitrogen and oxygen atoms in total. The van der Waals surface area contributed by atoms with Crippen LogP contribution >= 0.6 is 0 Å². The van der Waals surface area contributed by atoms with Gasteiger partial charge >= 0.3 is 0 Å². The first-order valence-electron chi connectivity index (χ1n) is 5.80. The molecule has 0 amide bonds. The zero-order valence-electron chi connectivity index (χ0n) is 10.2. The van der Waals surface area contributed by atoms with Crippen molar-refractivity contribution in [2.24, 2.45) is 0 Å². The number of phenols is 1.